The Morgan fingerprint density at radius 1 is 0.560 bits per heavy atom. The molecule has 238 valence electrons. The molecule has 0 spiro atoms. The molecule has 0 bridgehead atoms. The number of para-hydroxylation sites is 1. The van der Waals surface area contributed by atoms with Crippen molar-refractivity contribution in [1.82, 2.24) is 0 Å². The van der Waals surface area contributed by atoms with Crippen molar-refractivity contribution >= 4 is 40.2 Å². The van der Waals surface area contributed by atoms with Gasteiger partial charge in [0.05, 0.1) is 11.4 Å². The number of hydrogen-bond acceptors (Lipinski definition) is 3. The van der Waals surface area contributed by atoms with Crippen molar-refractivity contribution in [2.75, 3.05) is 11.9 Å². The van der Waals surface area contributed by atoms with E-state index in [1.807, 2.05) is 85.1 Å². The second kappa shape index (κ2) is 13.9. The van der Waals surface area contributed by atoms with E-state index < -0.39 is 0 Å². The highest BCUT2D eigenvalue weighted by molar-refractivity contribution is 6.11. The molecule has 3 heteroatoms. The quantitative estimate of drug-likeness (QED) is 0.159. The summed E-state index contributed by atoms with van der Waals surface area (Å²) >= 11 is 0. The summed E-state index contributed by atoms with van der Waals surface area (Å²) in [5.41, 5.74) is 13.5. The minimum Gasteiger partial charge on any atom is -0.381 e. The third-order valence-corrected chi connectivity index (χ3v) is 9.21. The summed E-state index contributed by atoms with van der Waals surface area (Å²) < 4.78 is 0. The molecule has 3 nitrogen and oxygen atoms in total. The van der Waals surface area contributed by atoms with Crippen LogP contribution >= 0.6 is 0 Å². The highest BCUT2D eigenvalue weighted by Crippen LogP contribution is 2.39. The molecule has 0 aromatic heterocycles. The molecule has 2 N–H and O–H groups in total. The lowest BCUT2D eigenvalue weighted by Gasteiger charge is -2.18. The summed E-state index contributed by atoms with van der Waals surface area (Å²) in [6.45, 7) is 0.845. The molecule has 1 heterocycles. The molecule has 7 aromatic carbocycles. The Bertz CT molecular complexity index is 2400. The summed E-state index contributed by atoms with van der Waals surface area (Å²) in [5, 5.41) is 15.0. The van der Waals surface area contributed by atoms with Crippen molar-refractivity contribution in [3.8, 4) is 33.4 Å². The van der Waals surface area contributed by atoms with Crippen LogP contribution in [-0.4, -0.2) is 18.5 Å². The maximum atomic E-state index is 9.02. The number of fused-ring (bicyclic) bond motifs is 2. The van der Waals surface area contributed by atoms with Crippen molar-refractivity contribution in [3.05, 3.63) is 198 Å². The topological polar surface area (TPSA) is 48.2 Å². The highest BCUT2D eigenvalue weighted by Gasteiger charge is 2.14. The maximum Gasteiger partial charge on any atom is 0.0723 e. The molecule has 0 aliphatic carbocycles. The van der Waals surface area contributed by atoms with E-state index in [4.69, 9.17) is 10.4 Å². The van der Waals surface area contributed by atoms with Gasteiger partial charge in [0.1, 0.15) is 0 Å². The van der Waals surface area contributed by atoms with Crippen molar-refractivity contribution in [1.29, 1.82) is 5.41 Å². The number of allylic oxidation sites excluding steroid dienone is 1. The molecule has 7 aromatic rings. The van der Waals surface area contributed by atoms with E-state index in [0.717, 1.165) is 34.5 Å². The first-order chi connectivity index (χ1) is 24.7. The standard InChI is InChI=1S/C47H35N3/c48-44(31-45(38-13-5-2-6-14-38)50-32-33-11-3-1-4-12-33)37-28-26-35(27-29-37)42-20-8-16-39-15-7-19-41(46(39)42)34-22-24-36(25-23-34)43-21-9-17-40-18-10-30-49-47(40)43/h1-29,31-32,48-49H,30H2/b45-31-,48-44?,50-32?. The summed E-state index contributed by atoms with van der Waals surface area (Å²) in [6.07, 6.45) is 8.05. The first-order valence-electron chi connectivity index (χ1n) is 16.9. The number of hydrogen-bond donors (Lipinski definition) is 2. The third kappa shape index (κ3) is 6.33. The average Bonchev–Trinajstić information content (AvgIpc) is 3.19. The third-order valence-electron chi connectivity index (χ3n) is 9.21. The zero-order valence-electron chi connectivity index (χ0n) is 27.6. The molecule has 1 aliphatic heterocycles. The van der Waals surface area contributed by atoms with Crippen LogP contribution in [0.4, 0.5) is 5.69 Å². The number of nitrogens with one attached hydrogen (secondary N) is 2. The van der Waals surface area contributed by atoms with Crippen LogP contribution in [0.2, 0.25) is 0 Å². The lowest BCUT2D eigenvalue weighted by atomic mass is 9.90. The minimum atomic E-state index is 0.408. The highest BCUT2D eigenvalue weighted by atomic mass is 14.9. The largest absolute Gasteiger partial charge is 0.381 e. The van der Waals surface area contributed by atoms with Gasteiger partial charge in [0.2, 0.25) is 0 Å². The summed E-state index contributed by atoms with van der Waals surface area (Å²) in [7, 11) is 0. The summed E-state index contributed by atoms with van der Waals surface area (Å²) in [4.78, 5) is 4.80. The van der Waals surface area contributed by atoms with Crippen LogP contribution in [0.5, 0.6) is 0 Å². The molecule has 1 aliphatic rings. The lowest BCUT2D eigenvalue weighted by Crippen LogP contribution is -2.05. The van der Waals surface area contributed by atoms with Crippen molar-refractivity contribution in [2.24, 2.45) is 4.99 Å². The molecule has 0 amide bonds. The number of aliphatic imine (C=N–C) groups is 1. The number of nitrogens with zero attached hydrogens (tertiary/aromatic N) is 1. The Morgan fingerprint density at radius 3 is 1.82 bits per heavy atom. The zero-order valence-corrected chi connectivity index (χ0v) is 27.6. The first kappa shape index (κ1) is 30.7. The van der Waals surface area contributed by atoms with E-state index in [1.165, 1.54) is 49.8 Å². The fourth-order valence-electron chi connectivity index (χ4n) is 6.68. The van der Waals surface area contributed by atoms with Gasteiger partial charge in [-0.25, -0.2) is 0 Å². The Kier molecular flexibility index (Phi) is 8.53. The van der Waals surface area contributed by atoms with Crippen molar-refractivity contribution in [2.45, 2.75) is 0 Å². The van der Waals surface area contributed by atoms with Crippen LogP contribution < -0.4 is 5.32 Å². The van der Waals surface area contributed by atoms with Crippen molar-refractivity contribution in [3.63, 3.8) is 0 Å². The molecule has 8 rings (SSSR count). The summed E-state index contributed by atoms with van der Waals surface area (Å²) in [5.74, 6) is 0. The maximum absolute atomic E-state index is 9.02. The molecule has 0 fully saturated rings. The fraction of sp³-hybridized carbons (Fsp3) is 0.0213. The Hall–Kier alpha value is -6.58. The van der Waals surface area contributed by atoms with Gasteiger partial charge in [-0.15, -0.1) is 0 Å². The van der Waals surface area contributed by atoms with Gasteiger partial charge in [0.15, 0.2) is 0 Å². The zero-order chi connectivity index (χ0) is 33.7. The molecule has 50 heavy (non-hydrogen) atoms. The van der Waals surface area contributed by atoms with E-state index in [1.54, 1.807) is 0 Å². The first-order valence-corrected chi connectivity index (χ1v) is 16.9. The van der Waals surface area contributed by atoms with E-state index >= 15 is 0 Å². The molecular weight excluding hydrogens is 607 g/mol. The van der Waals surface area contributed by atoms with Crippen LogP contribution in [0.15, 0.2) is 181 Å². The van der Waals surface area contributed by atoms with Crippen LogP contribution in [0.25, 0.3) is 55.9 Å². The van der Waals surface area contributed by atoms with Crippen molar-refractivity contribution < 1.29 is 0 Å². The number of benzene rings is 7. The Labute approximate surface area is 293 Å². The predicted molar refractivity (Wildman–Crippen MR) is 213 cm³/mol. The van der Waals surface area contributed by atoms with E-state index in [0.29, 0.717) is 5.71 Å². The van der Waals surface area contributed by atoms with Gasteiger partial charge in [-0.2, -0.15) is 0 Å². The molecular formula is C47H35N3. The second-order valence-corrected chi connectivity index (χ2v) is 12.4. The van der Waals surface area contributed by atoms with Crippen LogP contribution in [0, 0.1) is 5.41 Å². The van der Waals surface area contributed by atoms with E-state index in [9.17, 15) is 0 Å². The Morgan fingerprint density at radius 2 is 1.14 bits per heavy atom. The van der Waals surface area contributed by atoms with Crippen LogP contribution in [0.3, 0.4) is 0 Å². The van der Waals surface area contributed by atoms with E-state index in [2.05, 4.69) is 108 Å². The second-order valence-electron chi connectivity index (χ2n) is 12.4. The van der Waals surface area contributed by atoms with Gasteiger partial charge in [-0.05, 0) is 61.4 Å². The molecule has 0 saturated heterocycles. The molecule has 0 unspecified atom stereocenters. The smallest absolute Gasteiger partial charge is 0.0723 e. The van der Waals surface area contributed by atoms with Gasteiger partial charge in [-0.1, -0.05) is 176 Å². The molecule has 0 saturated carbocycles. The molecule has 0 atom stereocenters. The summed E-state index contributed by atoms with van der Waals surface area (Å²) in [6, 6.07) is 56.9. The molecule has 0 radical (unpaired) electrons. The van der Waals surface area contributed by atoms with E-state index in [-0.39, 0.29) is 0 Å². The number of rotatable bonds is 8. The van der Waals surface area contributed by atoms with Crippen LogP contribution in [-0.2, 0) is 0 Å². The minimum absolute atomic E-state index is 0.408. The van der Waals surface area contributed by atoms with Crippen LogP contribution in [0.1, 0.15) is 22.3 Å². The fourth-order valence-corrected chi connectivity index (χ4v) is 6.68. The predicted octanol–water partition coefficient (Wildman–Crippen LogP) is 11.8. The van der Waals surface area contributed by atoms with Gasteiger partial charge in [-0.3, -0.25) is 4.99 Å². The van der Waals surface area contributed by atoms with Gasteiger partial charge in [0, 0.05) is 29.6 Å². The van der Waals surface area contributed by atoms with Gasteiger partial charge >= 0.3 is 0 Å². The Balaban J connectivity index is 1.11. The van der Waals surface area contributed by atoms with Gasteiger partial charge < -0.3 is 10.7 Å². The normalized spacial score (nSPS) is 12.5. The SMILES string of the molecule is N=C(/C=C(\N=Cc1ccccc1)c1ccccc1)c1ccc(-c2cccc3cccc(-c4ccc(-c5cccc6c5NCC=C6)cc4)c23)cc1. The monoisotopic (exact) mass is 641 g/mol. The van der Waals surface area contributed by atoms with Gasteiger partial charge in [0.25, 0.3) is 0 Å². The number of anilines is 1. The average molecular weight is 642 g/mol. The lowest BCUT2D eigenvalue weighted by molar-refractivity contribution is 1.31.